The Balaban J connectivity index is 1.76. The van der Waals surface area contributed by atoms with Crippen molar-refractivity contribution >= 4 is 40.4 Å². The molecule has 0 aliphatic carbocycles. The number of nitrogens with zero attached hydrogens (tertiary/aromatic N) is 3. The molecule has 168 valence electrons. The molecule has 0 fully saturated rings. The summed E-state index contributed by atoms with van der Waals surface area (Å²) in [6.07, 6.45) is 1.69. The number of anilines is 1. The van der Waals surface area contributed by atoms with E-state index < -0.39 is 0 Å². The van der Waals surface area contributed by atoms with E-state index in [9.17, 15) is 4.79 Å². The molecule has 2 aromatic carbocycles. The van der Waals surface area contributed by atoms with E-state index in [1.165, 1.54) is 5.69 Å². The lowest BCUT2D eigenvalue weighted by Crippen LogP contribution is -2.21. The standard InChI is InChI=1S/C25H29IN4O2/c1-6-29(7-2)21-9-11-22(12-10-21)30-17(3)14-20(18(30)4)16-27-28-25(31)19-8-13-23(26)24(15-19)32-5/h8-16H,6-7H2,1-5H3,(H,28,31)/b27-16-. The quantitative estimate of drug-likeness (QED) is 0.237. The number of aryl methyl sites for hydroxylation is 1. The maximum atomic E-state index is 12.4. The van der Waals surface area contributed by atoms with Crippen molar-refractivity contribution in [3.63, 3.8) is 0 Å². The molecule has 7 heteroatoms. The number of aromatic nitrogens is 1. The molecule has 6 nitrogen and oxygen atoms in total. The van der Waals surface area contributed by atoms with Crippen LogP contribution in [0.5, 0.6) is 5.75 Å². The predicted octanol–water partition coefficient (Wildman–Crippen LogP) is 5.32. The highest BCUT2D eigenvalue weighted by Crippen LogP contribution is 2.23. The van der Waals surface area contributed by atoms with Gasteiger partial charge in [0.2, 0.25) is 0 Å². The minimum absolute atomic E-state index is 0.281. The number of carbonyl (C=O) groups excluding carboxylic acids is 1. The minimum atomic E-state index is -0.281. The molecule has 0 unspecified atom stereocenters. The normalized spacial score (nSPS) is 11.1. The van der Waals surface area contributed by atoms with Gasteiger partial charge in [0.05, 0.1) is 16.9 Å². The Morgan fingerprint density at radius 2 is 1.81 bits per heavy atom. The molecule has 3 rings (SSSR count). The fourth-order valence-electron chi connectivity index (χ4n) is 3.74. The molecule has 1 aromatic heterocycles. The van der Waals surface area contributed by atoms with Gasteiger partial charge in [-0.05, 0) is 98.8 Å². The summed E-state index contributed by atoms with van der Waals surface area (Å²) >= 11 is 2.17. The largest absolute Gasteiger partial charge is 0.496 e. The molecule has 3 aromatic rings. The van der Waals surface area contributed by atoms with Crippen molar-refractivity contribution < 1.29 is 9.53 Å². The van der Waals surface area contributed by atoms with Crippen LogP contribution in [-0.2, 0) is 0 Å². The van der Waals surface area contributed by atoms with Crippen molar-refractivity contribution in [3.05, 3.63) is 74.6 Å². The average Bonchev–Trinajstić information content (AvgIpc) is 3.08. The van der Waals surface area contributed by atoms with Gasteiger partial charge in [-0.3, -0.25) is 4.79 Å². The number of hydrazone groups is 1. The Morgan fingerprint density at radius 1 is 1.12 bits per heavy atom. The summed E-state index contributed by atoms with van der Waals surface area (Å²) in [7, 11) is 1.59. The van der Waals surface area contributed by atoms with Crippen molar-refractivity contribution in [1.29, 1.82) is 0 Å². The van der Waals surface area contributed by atoms with E-state index in [1.54, 1.807) is 25.5 Å². The lowest BCUT2D eigenvalue weighted by atomic mass is 10.2. The van der Waals surface area contributed by atoms with Gasteiger partial charge < -0.3 is 14.2 Å². The summed E-state index contributed by atoms with van der Waals surface area (Å²) in [5.74, 6) is 0.384. The lowest BCUT2D eigenvalue weighted by Gasteiger charge is -2.21. The minimum Gasteiger partial charge on any atom is -0.496 e. The van der Waals surface area contributed by atoms with Crippen LogP contribution >= 0.6 is 22.6 Å². The van der Waals surface area contributed by atoms with Gasteiger partial charge >= 0.3 is 0 Å². The molecule has 0 spiro atoms. The first-order valence-electron chi connectivity index (χ1n) is 10.6. The third-order valence-corrected chi connectivity index (χ3v) is 6.38. The van der Waals surface area contributed by atoms with E-state index in [4.69, 9.17) is 4.74 Å². The molecule has 0 aliphatic rings. The van der Waals surface area contributed by atoms with Crippen LogP contribution in [-0.4, -0.2) is 36.9 Å². The summed E-state index contributed by atoms with van der Waals surface area (Å²) in [6.45, 7) is 10.4. The topological polar surface area (TPSA) is 58.9 Å². The van der Waals surface area contributed by atoms with Crippen LogP contribution in [0.2, 0.25) is 0 Å². The molecule has 0 bridgehead atoms. The number of hydrogen-bond acceptors (Lipinski definition) is 4. The van der Waals surface area contributed by atoms with Crippen LogP contribution in [0.4, 0.5) is 5.69 Å². The van der Waals surface area contributed by atoms with Gasteiger partial charge in [0.25, 0.3) is 5.91 Å². The van der Waals surface area contributed by atoms with Crippen molar-refractivity contribution in [2.45, 2.75) is 27.7 Å². The smallest absolute Gasteiger partial charge is 0.271 e. The van der Waals surface area contributed by atoms with E-state index >= 15 is 0 Å². The zero-order chi connectivity index (χ0) is 23.3. The van der Waals surface area contributed by atoms with Crippen molar-refractivity contribution in [2.24, 2.45) is 5.10 Å². The Bertz CT molecular complexity index is 1120. The molecule has 0 aliphatic heterocycles. The number of carbonyl (C=O) groups is 1. The van der Waals surface area contributed by atoms with E-state index in [2.05, 4.69) is 101 Å². The Morgan fingerprint density at radius 3 is 2.44 bits per heavy atom. The zero-order valence-electron chi connectivity index (χ0n) is 19.1. The van der Waals surface area contributed by atoms with E-state index in [0.717, 1.165) is 39.3 Å². The summed E-state index contributed by atoms with van der Waals surface area (Å²) in [6, 6.07) is 16.0. The van der Waals surface area contributed by atoms with Crippen molar-refractivity contribution in [3.8, 4) is 11.4 Å². The van der Waals surface area contributed by atoms with Crippen molar-refractivity contribution in [2.75, 3.05) is 25.1 Å². The van der Waals surface area contributed by atoms with Crippen molar-refractivity contribution in [1.82, 2.24) is 9.99 Å². The number of ether oxygens (including phenoxy) is 1. The molecule has 0 atom stereocenters. The molecular weight excluding hydrogens is 515 g/mol. The van der Waals surface area contributed by atoms with Gasteiger partial charge in [-0.15, -0.1) is 0 Å². The lowest BCUT2D eigenvalue weighted by molar-refractivity contribution is 0.0954. The molecule has 0 saturated heterocycles. The summed E-state index contributed by atoms with van der Waals surface area (Å²) < 4.78 is 8.43. The van der Waals surface area contributed by atoms with Gasteiger partial charge in [-0.2, -0.15) is 5.10 Å². The monoisotopic (exact) mass is 544 g/mol. The fourth-order valence-corrected chi connectivity index (χ4v) is 4.30. The molecule has 0 saturated carbocycles. The predicted molar refractivity (Wildman–Crippen MR) is 140 cm³/mol. The van der Waals surface area contributed by atoms with Gasteiger partial charge in [0, 0.05) is 47.0 Å². The second kappa shape index (κ2) is 10.7. The van der Waals surface area contributed by atoms with Gasteiger partial charge in [0.1, 0.15) is 5.75 Å². The molecule has 0 radical (unpaired) electrons. The molecular formula is C25H29IN4O2. The first kappa shape index (κ1) is 23.8. The summed E-state index contributed by atoms with van der Waals surface area (Å²) in [5.41, 5.74) is 8.55. The Labute approximate surface area is 203 Å². The molecule has 1 N–H and O–H groups in total. The highest BCUT2D eigenvalue weighted by Gasteiger charge is 2.11. The number of methoxy groups -OCH3 is 1. The van der Waals surface area contributed by atoms with Crippen LogP contribution in [0.3, 0.4) is 0 Å². The third-order valence-electron chi connectivity index (χ3n) is 5.49. The van der Waals surface area contributed by atoms with Gasteiger partial charge in [-0.25, -0.2) is 5.43 Å². The van der Waals surface area contributed by atoms with Gasteiger partial charge in [0.15, 0.2) is 0 Å². The van der Waals surface area contributed by atoms with Crippen LogP contribution < -0.4 is 15.1 Å². The Kier molecular flexibility index (Phi) is 7.95. The molecule has 1 heterocycles. The molecule has 1 amide bonds. The van der Waals surface area contributed by atoms with Crippen LogP contribution in [0.1, 0.15) is 41.2 Å². The van der Waals surface area contributed by atoms with Crippen LogP contribution in [0, 0.1) is 17.4 Å². The van der Waals surface area contributed by atoms with E-state index in [-0.39, 0.29) is 5.91 Å². The number of hydrogen-bond donors (Lipinski definition) is 1. The molecule has 32 heavy (non-hydrogen) atoms. The summed E-state index contributed by atoms with van der Waals surface area (Å²) in [4.78, 5) is 14.8. The number of amides is 1. The van der Waals surface area contributed by atoms with E-state index in [1.807, 2.05) is 6.07 Å². The number of benzene rings is 2. The SMILES string of the molecule is CCN(CC)c1ccc(-n2c(C)cc(/C=N\NC(=O)c3ccc(I)c(OC)c3)c2C)cc1. The highest BCUT2D eigenvalue weighted by atomic mass is 127. The maximum absolute atomic E-state index is 12.4. The Hall–Kier alpha value is -2.81. The fraction of sp³-hybridized carbons (Fsp3) is 0.280. The first-order valence-corrected chi connectivity index (χ1v) is 11.7. The number of halogens is 1. The number of rotatable bonds is 8. The second-order valence-electron chi connectivity index (χ2n) is 7.40. The van der Waals surface area contributed by atoms with Crippen LogP contribution in [0.25, 0.3) is 5.69 Å². The maximum Gasteiger partial charge on any atom is 0.271 e. The van der Waals surface area contributed by atoms with Gasteiger partial charge in [-0.1, -0.05) is 0 Å². The summed E-state index contributed by atoms with van der Waals surface area (Å²) in [5, 5.41) is 4.18. The zero-order valence-corrected chi connectivity index (χ0v) is 21.3. The number of nitrogens with one attached hydrogen (secondary N) is 1. The average molecular weight is 544 g/mol. The van der Waals surface area contributed by atoms with E-state index in [0.29, 0.717) is 11.3 Å². The first-order chi connectivity index (χ1) is 15.4. The third kappa shape index (κ3) is 5.15. The highest BCUT2D eigenvalue weighted by molar-refractivity contribution is 14.1. The second-order valence-corrected chi connectivity index (χ2v) is 8.56. The van der Waals surface area contributed by atoms with Crippen LogP contribution in [0.15, 0.2) is 53.6 Å².